The molecule has 0 saturated heterocycles. The molecule has 0 aliphatic rings. The fourth-order valence-corrected chi connectivity index (χ4v) is 4.74. The van der Waals surface area contributed by atoms with Gasteiger partial charge in [-0.15, -0.1) is 8.39 Å². The zero-order valence-electron chi connectivity index (χ0n) is 8.19. The van der Waals surface area contributed by atoms with E-state index in [2.05, 4.69) is 13.0 Å². The van der Waals surface area contributed by atoms with Crippen LogP contribution in [0.2, 0.25) is 19.6 Å². The van der Waals surface area contributed by atoms with Gasteiger partial charge < -0.3 is 4.21 Å². The van der Waals surface area contributed by atoms with Crippen molar-refractivity contribution in [1.82, 2.24) is 0 Å². The Morgan fingerprint density at radius 1 is 1.07 bits per heavy atom. The van der Waals surface area contributed by atoms with Crippen molar-refractivity contribution in [3.05, 3.63) is 0 Å². The normalized spacial score (nSPS) is 21.3. The first-order chi connectivity index (χ1) is 5.97. The summed E-state index contributed by atoms with van der Waals surface area (Å²) < 4.78 is 58.4. The van der Waals surface area contributed by atoms with Crippen LogP contribution in [0.3, 0.4) is 0 Å². The van der Waals surface area contributed by atoms with Crippen LogP contribution in [0.4, 0.5) is 8.39 Å². The summed E-state index contributed by atoms with van der Waals surface area (Å²) in [6, 6.07) is 0. The van der Waals surface area contributed by atoms with Crippen LogP contribution in [0.1, 0.15) is 0 Å². The number of hydrogen-bond acceptors (Lipinski definition) is 5. The van der Waals surface area contributed by atoms with Crippen LogP contribution < -0.4 is 0 Å². The monoisotopic (exact) mass is 268 g/mol. The predicted octanol–water partition coefficient (Wildman–Crippen LogP) is 3.66. The molecule has 2 unspecified atom stereocenters. The van der Waals surface area contributed by atoms with Gasteiger partial charge in [-0.25, -0.2) is 9.13 Å². The Balaban J connectivity index is 4.52. The molecule has 86 valence electrons. The quantitative estimate of drug-likeness (QED) is 0.562. The van der Waals surface area contributed by atoms with Crippen molar-refractivity contribution >= 4 is 24.1 Å². The highest BCUT2D eigenvalue weighted by molar-refractivity contribution is 7.62. The summed E-state index contributed by atoms with van der Waals surface area (Å²) in [5, 5.41) is 0. The molecule has 0 rings (SSSR count). The average Bonchev–Trinajstić information content (AvgIpc) is 1.78. The summed E-state index contributed by atoms with van der Waals surface area (Å²) in [5.41, 5.74) is 0. The van der Waals surface area contributed by atoms with E-state index in [1.165, 1.54) is 19.6 Å². The Bertz CT molecular complexity index is 290. The summed E-state index contributed by atoms with van der Waals surface area (Å²) in [6.07, 6.45) is 0. The van der Waals surface area contributed by atoms with Crippen molar-refractivity contribution in [3.8, 4) is 0 Å². The van der Waals surface area contributed by atoms with Crippen LogP contribution in [0, 0.1) is 0 Å². The lowest BCUT2D eigenvalue weighted by molar-refractivity contribution is 0.249. The van der Waals surface area contributed by atoms with Crippen LogP contribution in [0.15, 0.2) is 0 Å². The van der Waals surface area contributed by atoms with Crippen molar-refractivity contribution in [2.24, 2.45) is 0 Å². The number of rotatable bonds is 5. The largest absolute Gasteiger partial charge is 0.521 e. The second kappa shape index (κ2) is 4.51. The molecule has 5 nitrogen and oxygen atoms in total. The first kappa shape index (κ1) is 14.4. The van der Waals surface area contributed by atoms with Gasteiger partial charge in [-0.2, -0.15) is 4.31 Å². The third kappa shape index (κ3) is 6.81. The SMILES string of the molecule is COP(=O)(F)OP(=O)(F)O[Si](C)(C)C. The molecular weight excluding hydrogens is 256 g/mol. The molecule has 0 radical (unpaired) electrons. The highest BCUT2D eigenvalue weighted by Crippen LogP contribution is 2.67. The third-order valence-corrected chi connectivity index (χ3v) is 5.86. The number of halogens is 2. The van der Waals surface area contributed by atoms with Gasteiger partial charge in [0.05, 0.1) is 0 Å². The molecule has 0 aromatic carbocycles. The summed E-state index contributed by atoms with van der Waals surface area (Å²) in [4.78, 5) is 0. The molecule has 0 amide bonds. The molecule has 0 saturated carbocycles. The van der Waals surface area contributed by atoms with E-state index in [-0.39, 0.29) is 0 Å². The van der Waals surface area contributed by atoms with E-state index in [0.29, 0.717) is 7.11 Å². The standard InChI is InChI=1S/C4H12F2O5P2Si/c1-9-12(5,7)10-13(6,8)11-14(2,3)4/h1-4H3. The molecule has 14 heavy (non-hydrogen) atoms. The molecule has 0 bridgehead atoms. The maximum absolute atomic E-state index is 12.9. The summed E-state index contributed by atoms with van der Waals surface area (Å²) in [7, 11) is -12.1. The van der Waals surface area contributed by atoms with Gasteiger partial charge in [-0.3, -0.25) is 4.52 Å². The van der Waals surface area contributed by atoms with Gasteiger partial charge in [0.25, 0.3) is 0 Å². The lowest BCUT2D eigenvalue weighted by atomic mass is 11.8. The van der Waals surface area contributed by atoms with E-state index in [9.17, 15) is 17.5 Å². The van der Waals surface area contributed by atoms with Gasteiger partial charge in [0, 0.05) is 7.11 Å². The molecule has 2 atom stereocenters. The molecule has 0 N–H and O–H groups in total. The highest BCUT2D eigenvalue weighted by Gasteiger charge is 2.41. The van der Waals surface area contributed by atoms with E-state index in [1.807, 2.05) is 0 Å². The van der Waals surface area contributed by atoms with Crippen molar-refractivity contribution < 1.29 is 30.6 Å². The second-order valence-corrected chi connectivity index (χ2v) is 11.0. The van der Waals surface area contributed by atoms with E-state index in [1.54, 1.807) is 0 Å². The average molecular weight is 268 g/mol. The minimum Gasteiger partial charge on any atom is -0.326 e. The summed E-state index contributed by atoms with van der Waals surface area (Å²) in [5.74, 6) is 0. The Labute approximate surface area is 82.2 Å². The van der Waals surface area contributed by atoms with Gasteiger partial charge in [0.15, 0.2) is 8.32 Å². The molecule has 0 aliphatic heterocycles. The van der Waals surface area contributed by atoms with Crippen LogP contribution in [0.25, 0.3) is 0 Å². The zero-order valence-corrected chi connectivity index (χ0v) is 11.0. The minimum absolute atomic E-state index is 0.704. The van der Waals surface area contributed by atoms with Crippen LogP contribution >= 0.6 is 15.8 Å². The maximum Gasteiger partial charge on any atom is 0.521 e. The lowest BCUT2D eigenvalue weighted by Crippen LogP contribution is -2.23. The molecule has 0 aromatic heterocycles. The van der Waals surface area contributed by atoms with E-state index in [4.69, 9.17) is 0 Å². The van der Waals surface area contributed by atoms with Gasteiger partial charge >= 0.3 is 15.8 Å². The second-order valence-electron chi connectivity index (χ2n) is 3.33. The van der Waals surface area contributed by atoms with Gasteiger partial charge in [-0.1, -0.05) is 0 Å². The van der Waals surface area contributed by atoms with E-state index in [0.717, 1.165) is 0 Å². The first-order valence-electron chi connectivity index (χ1n) is 3.55. The van der Waals surface area contributed by atoms with Crippen molar-refractivity contribution in [2.75, 3.05) is 7.11 Å². The molecule has 0 aromatic rings. The first-order valence-corrected chi connectivity index (χ1v) is 9.82. The smallest absolute Gasteiger partial charge is 0.326 e. The van der Waals surface area contributed by atoms with Crippen LogP contribution in [0.5, 0.6) is 0 Å². The van der Waals surface area contributed by atoms with Crippen molar-refractivity contribution in [3.63, 3.8) is 0 Å². The fourth-order valence-electron chi connectivity index (χ4n) is 0.494. The Morgan fingerprint density at radius 2 is 1.50 bits per heavy atom. The third-order valence-electron chi connectivity index (χ3n) is 0.796. The molecule has 0 fully saturated rings. The van der Waals surface area contributed by atoms with Crippen LogP contribution in [-0.4, -0.2) is 15.4 Å². The molecule has 10 heteroatoms. The Morgan fingerprint density at radius 3 is 1.79 bits per heavy atom. The minimum atomic E-state index is -5.15. The van der Waals surface area contributed by atoms with Crippen molar-refractivity contribution in [2.45, 2.75) is 19.6 Å². The predicted molar refractivity (Wildman–Crippen MR) is 50.0 cm³/mol. The van der Waals surface area contributed by atoms with Gasteiger partial charge in [0.1, 0.15) is 0 Å². The zero-order chi connectivity index (χ0) is 11.6. The van der Waals surface area contributed by atoms with E-state index < -0.39 is 24.1 Å². The van der Waals surface area contributed by atoms with Gasteiger partial charge in [-0.05, 0) is 19.6 Å². The van der Waals surface area contributed by atoms with Crippen molar-refractivity contribution in [1.29, 1.82) is 0 Å². The Kier molecular flexibility index (Phi) is 4.64. The van der Waals surface area contributed by atoms with E-state index >= 15 is 0 Å². The Hall–Kier alpha value is 0.417. The summed E-state index contributed by atoms with van der Waals surface area (Å²) in [6.45, 7) is 4.54. The molecule has 0 heterocycles. The number of hydrogen-bond donors (Lipinski definition) is 0. The highest BCUT2D eigenvalue weighted by atomic mass is 31.3. The topological polar surface area (TPSA) is 61.8 Å². The molecular formula is C4H12F2O5P2Si. The maximum atomic E-state index is 12.9. The van der Waals surface area contributed by atoms with Gasteiger partial charge in [0.2, 0.25) is 0 Å². The molecule has 0 spiro atoms. The van der Waals surface area contributed by atoms with Crippen LogP contribution in [-0.2, 0) is 22.2 Å². The fraction of sp³-hybridized carbons (Fsp3) is 1.00. The molecule has 0 aliphatic carbocycles. The summed E-state index contributed by atoms with van der Waals surface area (Å²) >= 11 is 0. The lowest BCUT2D eigenvalue weighted by Gasteiger charge is -2.19.